The van der Waals surface area contributed by atoms with Crippen LogP contribution in [-0.4, -0.2) is 45.9 Å². The second-order valence-corrected chi connectivity index (χ2v) is 15.5. The Hall–Kier alpha value is -1.58. The highest BCUT2D eigenvalue weighted by molar-refractivity contribution is 7.80. The van der Waals surface area contributed by atoms with Crippen molar-refractivity contribution in [3.63, 3.8) is 0 Å². The molecule has 0 radical (unpaired) electrons. The first-order chi connectivity index (χ1) is 25.3. The second kappa shape index (κ2) is 34.2. The molecule has 3 aromatic heterocycles. The van der Waals surface area contributed by atoms with Crippen molar-refractivity contribution < 1.29 is 0 Å². The Bertz CT molecular complexity index is 1070. The van der Waals surface area contributed by atoms with Gasteiger partial charge in [-0.3, -0.25) is 0 Å². The van der Waals surface area contributed by atoms with Crippen LogP contribution in [0, 0.1) is 0 Å². The van der Waals surface area contributed by atoms with E-state index in [9.17, 15) is 0 Å². The molecule has 0 saturated carbocycles. The van der Waals surface area contributed by atoms with Gasteiger partial charge in [0.2, 0.25) is 0 Å². The molecule has 3 aromatic rings. The fourth-order valence-electron chi connectivity index (χ4n) is 6.70. The van der Waals surface area contributed by atoms with E-state index in [1.54, 1.807) is 11.1 Å². The predicted octanol–water partition coefficient (Wildman–Crippen LogP) is 12.5. The lowest BCUT2D eigenvalue weighted by Crippen LogP contribution is -2.04. The molecule has 290 valence electrons. The van der Waals surface area contributed by atoms with Crippen molar-refractivity contribution >= 4 is 37.9 Å². The topological polar surface area (TPSA) is 53.5 Å². The molecular formula is C42H74N6S3. The number of hydrogen-bond donors (Lipinski definition) is 3. The third kappa shape index (κ3) is 25.9. The van der Waals surface area contributed by atoms with Crippen molar-refractivity contribution in [2.45, 2.75) is 180 Å². The largest absolute Gasteiger partial charge is 0.337 e. The second-order valence-electron chi connectivity index (χ2n) is 14.2. The number of aromatic nitrogens is 6. The molecule has 3 rings (SSSR count). The average molecular weight is 759 g/mol. The summed E-state index contributed by atoms with van der Waals surface area (Å²) in [5, 5.41) is 0. The number of rotatable bonds is 33. The summed E-state index contributed by atoms with van der Waals surface area (Å²) >= 11 is 12.9. The number of imidazole rings is 3. The molecule has 0 amide bonds. The van der Waals surface area contributed by atoms with Gasteiger partial charge in [0.1, 0.15) is 0 Å². The maximum atomic E-state index is 4.34. The van der Waals surface area contributed by atoms with Gasteiger partial charge in [0, 0.05) is 56.8 Å². The van der Waals surface area contributed by atoms with Crippen LogP contribution >= 0.6 is 37.9 Å². The number of aryl methyl sites for hydroxylation is 3. The molecule has 0 bridgehead atoms. The lowest BCUT2D eigenvalue weighted by atomic mass is 9.92. The van der Waals surface area contributed by atoms with Crippen LogP contribution in [0.5, 0.6) is 0 Å². The first-order valence-corrected chi connectivity index (χ1v) is 22.6. The van der Waals surface area contributed by atoms with Crippen LogP contribution in [-0.2, 0) is 19.6 Å². The molecule has 6 nitrogen and oxygen atoms in total. The van der Waals surface area contributed by atoms with Crippen LogP contribution in [0.1, 0.15) is 161 Å². The van der Waals surface area contributed by atoms with Gasteiger partial charge in [0.05, 0.1) is 19.0 Å². The van der Waals surface area contributed by atoms with Gasteiger partial charge in [-0.15, -0.1) is 0 Å². The van der Waals surface area contributed by atoms with E-state index >= 15 is 0 Å². The van der Waals surface area contributed by atoms with Gasteiger partial charge in [-0.2, -0.15) is 37.9 Å². The third-order valence-electron chi connectivity index (χ3n) is 9.87. The standard InChI is InChI=1S/C28H48N4S2.C14H26N2S/c33-23-11-7-3-1-5-9-13-27(15-19-31-21-17-29-25-31)28(16-20-32-22-18-30-26-32)14-10-6-2-4-8-12-24-34;17-13-9-7-5-3-1-2-4-6-8-11-16-12-10-15-14-16/h17-18,21-22,25-26,33-34H,1-16,19-20,23-24H2;10,12,14,17H,1-9,11,13H2/b28-27-;. The molecule has 0 atom stereocenters. The van der Waals surface area contributed by atoms with E-state index in [2.05, 4.69) is 78.9 Å². The number of thiol groups is 3. The van der Waals surface area contributed by atoms with Gasteiger partial charge in [-0.05, 0) is 81.5 Å². The SMILES string of the molecule is SCCCCCCCC/C(CCn1ccnc1)=C(\CCCCCCCCS)CCn1ccnc1.SCCCCCCCCCCCn1ccnc1. The molecule has 0 unspecified atom stereocenters. The zero-order valence-corrected chi connectivity index (χ0v) is 34.8. The van der Waals surface area contributed by atoms with Crippen LogP contribution in [0.25, 0.3) is 0 Å². The zero-order valence-electron chi connectivity index (χ0n) is 32.1. The smallest absolute Gasteiger partial charge is 0.0946 e. The molecular weight excluding hydrogens is 685 g/mol. The van der Waals surface area contributed by atoms with Crippen molar-refractivity contribution in [2.75, 3.05) is 17.3 Å². The summed E-state index contributed by atoms with van der Waals surface area (Å²) < 4.78 is 6.62. The predicted molar refractivity (Wildman–Crippen MR) is 231 cm³/mol. The fraction of sp³-hybridized carbons (Fsp3) is 0.738. The first-order valence-electron chi connectivity index (χ1n) is 20.7. The van der Waals surface area contributed by atoms with Gasteiger partial charge in [-0.1, -0.05) is 107 Å². The number of nitrogens with zero attached hydrogens (tertiary/aromatic N) is 6. The Morgan fingerprint density at radius 1 is 0.333 bits per heavy atom. The van der Waals surface area contributed by atoms with Gasteiger partial charge in [-0.25, -0.2) is 15.0 Å². The lowest BCUT2D eigenvalue weighted by Gasteiger charge is -2.17. The number of allylic oxidation sites excluding steroid dienone is 2. The highest BCUT2D eigenvalue weighted by Crippen LogP contribution is 2.26. The summed E-state index contributed by atoms with van der Waals surface area (Å²) in [5.74, 6) is 3.10. The zero-order chi connectivity index (χ0) is 36.3. The third-order valence-corrected chi connectivity index (χ3v) is 10.8. The van der Waals surface area contributed by atoms with Crippen molar-refractivity contribution in [1.29, 1.82) is 0 Å². The van der Waals surface area contributed by atoms with E-state index in [1.165, 1.54) is 148 Å². The molecule has 0 aliphatic rings. The molecule has 0 aliphatic carbocycles. The maximum absolute atomic E-state index is 4.34. The Morgan fingerprint density at radius 2 is 0.627 bits per heavy atom. The minimum absolute atomic E-state index is 1.02. The van der Waals surface area contributed by atoms with Gasteiger partial charge < -0.3 is 13.7 Å². The molecule has 0 aromatic carbocycles. The van der Waals surface area contributed by atoms with Crippen LogP contribution in [0.15, 0.2) is 67.3 Å². The Labute approximate surface area is 329 Å². The summed E-state index contributed by atoms with van der Waals surface area (Å²) in [6, 6.07) is 0. The van der Waals surface area contributed by atoms with Crippen LogP contribution in [0.3, 0.4) is 0 Å². The van der Waals surface area contributed by atoms with E-state index in [1.807, 2.05) is 43.8 Å². The van der Waals surface area contributed by atoms with Crippen LogP contribution in [0.2, 0.25) is 0 Å². The molecule has 9 heteroatoms. The van der Waals surface area contributed by atoms with E-state index in [0.29, 0.717) is 0 Å². The monoisotopic (exact) mass is 759 g/mol. The Balaban J connectivity index is 0.000000444. The first kappa shape index (κ1) is 45.6. The molecule has 0 fully saturated rings. The van der Waals surface area contributed by atoms with Crippen molar-refractivity contribution in [3.8, 4) is 0 Å². The van der Waals surface area contributed by atoms with Gasteiger partial charge in [0.25, 0.3) is 0 Å². The van der Waals surface area contributed by atoms with E-state index < -0.39 is 0 Å². The normalized spacial score (nSPS) is 11.8. The van der Waals surface area contributed by atoms with E-state index in [-0.39, 0.29) is 0 Å². The molecule has 3 heterocycles. The Morgan fingerprint density at radius 3 is 0.941 bits per heavy atom. The summed E-state index contributed by atoms with van der Waals surface area (Å²) in [6.45, 7) is 3.20. The van der Waals surface area contributed by atoms with E-state index in [0.717, 1.165) is 49.7 Å². The van der Waals surface area contributed by atoms with Crippen molar-refractivity contribution in [1.82, 2.24) is 28.7 Å². The van der Waals surface area contributed by atoms with Crippen LogP contribution < -0.4 is 0 Å². The quantitative estimate of drug-likeness (QED) is 0.0329. The summed E-state index contributed by atoms with van der Waals surface area (Å²) in [5.41, 5.74) is 3.42. The minimum atomic E-state index is 1.02. The Kier molecular flexibility index (Phi) is 30.6. The van der Waals surface area contributed by atoms with Crippen molar-refractivity contribution in [2.24, 2.45) is 0 Å². The minimum Gasteiger partial charge on any atom is -0.337 e. The number of unbranched alkanes of at least 4 members (excludes halogenated alkanes) is 18. The summed E-state index contributed by atoms with van der Waals surface area (Å²) in [4.78, 5) is 12.5. The molecule has 0 N–H and O–H groups in total. The molecule has 0 aliphatic heterocycles. The highest BCUT2D eigenvalue weighted by atomic mass is 32.1. The average Bonchev–Trinajstić information content (AvgIpc) is 3.97. The number of hydrogen-bond acceptors (Lipinski definition) is 6. The van der Waals surface area contributed by atoms with Gasteiger partial charge >= 0.3 is 0 Å². The molecule has 0 saturated heterocycles. The molecule has 0 spiro atoms. The van der Waals surface area contributed by atoms with E-state index in [4.69, 9.17) is 0 Å². The molecule has 51 heavy (non-hydrogen) atoms. The van der Waals surface area contributed by atoms with Crippen LogP contribution in [0.4, 0.5) is 0 Å². The summed E-state index contributed by atoms with van der Waals surface area (Å²) in [6.07, 6.45) is 50.7. The van der Waals surface area contributed by atoms with Gasteiger partial charge in [0.15, 0.2) is 0 Å². The highest BCUT2D eigenvalue weighted by Gasteiger charge is 2.09. The lowest BCUT2D eigenvalue weighted by molar-refractivity contribution is 0.539. The fourth-order valence-corrected chi connectivity index (χ4v) is 7.37. The summed E-state index contributed by atoms with van der Waals surface area (Å²) in [7, 11) is 0. The van der Waals surface area contributed by atoms with Crippen molar-refractivity contribution in [3.05, 3.63) is 67.3 Å². The maximum Gasteiger partial charge on any atom is 0.0946 e.